The standard InChI is InChI=1S/C10H14F3N3O2S/c1-16(6-5-10(11,12)13)7-3-2-4-8(9(7)14)19(15,17)18/h2-4H,5-6,14H2,1H3,(H2,15,17,18). The molecule has 0 saturated heterocycles. The van der Waals surface area contributed by atoms with Crippen molar-refractivity contribution in [2.45, 2.75) is 17.5 Å². The third-order valence-corrected chi connectivity index (χ3v) is 3.46. The summed E-state index contributed by atoms with van der Waals surface area (Å²) in [4.78, 5) is 0.932. The molecule has 0 aromatic heterocycles. The number of nitrogens with zero attached hydrogens (tertiary/aromatic N) is 1. The second-order valence-corrected chi connectivity index (χ2v) is 5.55. The van der Waals surface area contributed by atoms with E-state index in [1.54, 1.807) is 0 Å². The highest BCUT2D eigenvalue weighted by Crippen LogP contribution is 2.29. The number of primary sulfonamides is 1. The van der Waals surface area contributed by atoms with Crippen LogP contribution in [0.3, 0.4) is 0 Å². The smallest absolute Gasteiger partial charge is 0.390 e. The Morgan fingerprint density at radius 1 is 1.32 bits per heavy atom. The van der Waals surface area contributed by atoms with Gasteiger partial charge < -0.3 is 10.6 Å². The second kappa shape index (κ2) is 5.25. The number of para-hydroxylation sites is 1. The quantitative estimate of drug-likeness (QED) is 0.820. The highest BCUT2D eigenvalue weighted by molar-refractivity contribution is 7.89. The average molecular weight is 297 g/mol. The van der Waals surface area contributed by atoms with Crippen molar-refractivity contribution in [3.63, 3.8) is 0 Å². The van der Waals surface area contributed by atoms with Crippen molar-refractivity contribution in [3.05, 3.63) is 18.2 Å². The molecule has 19 heavy (non-hydrogen) atoms. The molecular weight excluding hydrogens is 283 g/mol. The van der Waals surface area contributed by atoms with Crippen LogP contribution in [0.4, 0.5) is 24.5 Å². The van der Waals surface area contributed by atoms with E-state index in [9.17, 15) is 21.6 Å². The van der Waals surface area contributed by atoms with E-state index in [1.165, 1.54) is 30.1 Å². The molecule has 0 amide bonds. The highest BCUT2D eigenvalue weighted by atomic mass is 32.2. The lowest BCUT2D eigenvalue weighted by molar-refractivity contribution is -0.132. The summed E-state index contributed by atoms with van der Waals surface area (Å²) >= 11 is 0. The van der Waals surface area contributed by atoms with Crippen LogP contribution < -0.4 is 15.8 Å². The van der Waals surface area contributed by atoms with Crippen LogP contribution in [0.1, 0.15) is 6.42 Å². The zero-order valence-electron chi connectivity index (χ0n) is 10.1. The molecule has 1 rings (SSSR count). The van der Waals surface area contributed by atoms with Crippen LogP contribution in [-0.4, -0.2) is 28.2 Å². The number of nitrogens with two attached hydrogens (primary N) is 2. The van der Waals surface area contributed by atoms with E-state index in [0.29, 0.717) is 0 Å². The van der Waals surface area contributed by atoms with Gasteiger partial charge in [0, 0.05) is 13.6 Å². The van der Waals surface area contributed by atoms with Crippen molar-refractivity contribution in [1.82, 2.24) is 0 Å². The van der Waals surface area contributed by atoms with Crippen LogP contribution in [0.15, 0.2) is 23.1 Å². The van der Waals surface area contributed by atoms with Crippen LogP contribution in [0, 0.1) is 0 Å². The van der Waals surface area contributed by atoms with E-state index >= 15 is 0 Å². The molecule has 1 aromatic rings. The Balaban J connectivity index is 3.02. The lowest BCUT2D eigenvalue weighted by atomic mass is 10.2. The fourth-order valence-electron chi connectivity index (χ4n) is 1.53. The van der Waals surface area contributed by atoms with Gasteiger partial charge in [-0.3, -0.25) is 0 Å². The highest BCUT2D eigenvalue weighted by Gasteiger charge is 2.27. The van der Waals surface area contributed by atoms with Crippen molar-refractivity contribution in [2.75, 3.05) is 24.2 Å². The predicted octanol–water partition coefficient (Wildman–Crippen LogP) is 1.30. The molecule has 0 aliphatic rings. The molecule has 0 unspecified atom stereocenters. The summed E-state index contributed by atoms with van der Waals surface area (Å²) in [5.74, 6) is 0. The Labute approximate surface area is 109 Å². The zero-order valence-corrected chi connectivity index (χ0v) is 10.9. The number of hydrogen-bond acceptors (Lipinski definition) is 4. The van der Waals surface area contributed by atoms with E-state index in [2.05, 4.69) is 0 Å². The minimum absolute atomic E-state index is 0.158. The third-order valence-electron chi connectivity index (χ3n) is 2.49. The summed E-state index contributed by atoms with van der Waals surface area (Å²) in [6.07, 6.45) is -5.32. The number of sulfonamides is 1. The molecule has 4 N–H and O–H groups in total. The van der Waals surface area contributed by atoms with E-state index in [-0.39, 0.29) is 22.8 Å². The topological polar surface area (TPSA) is 89.4 Å². The van der Waals surface area contributed by atoms with Crippen LogP contribution >= 0.6 is 0 Å². The average Bonchev–Trinajstić information content (AvgIpc) is 2.23. The lowest BCUT2D eigenvalue weighted by Gasteiger charge is -2.22. The molecule has 0 bridgehead atoms. The monoisotopic (exact) mass is 297 g/mol. The SMILES string of the molecule is CN(CCC(F)(F)F)c1cccc(S(N)(=O)=O)c1N. The number of hydrogen-bond donors (Lipinski definition) is 2. The Kier molecular flexibility index (Phi) is 4.31. The van der Waals surface area contributed by atoms with Gasteiger partial charge in [-0.2, -0.15) is 13.2 Å². The van der Waals surface area contributed by atoms with Gasteiger partial charge in [0.1, 0.15) is 4.90 Å². The Hall–Kier alpha value is -1.48. The van der Waals surface area contributed by atoms with Gasteiger partial charge in [0.15, 0.2) is 0 Å². The Bertz CT molecular complexity index is 558. The maximum atomic E-state index is 12.1. The molecule has 5 nitrogen and oxygen atoms in total. The number of benzene rings is 1. The Morgan fingerprint density at radius 3 is 2.37 bits per heavy atom. The molecular formula is C10H14F3N3O2S. The molecule has 0 radical (unpaired) electrons. The molecule has 0 fully saturated rings. The van der Waals surface area contributed by atoms with Crippen molar-refractivity contribution in [2.24, 2.45) is 5.14 Å². The van der Waals surface area contributed by atoms with Gasteiger partial charge in [0.2, 0.25) is 10.0 Å². The minimum atomic E-state index is -4.29. The van der Waals surface area contributed by atoms with E-state index in [0.717, 1.165) is 0 Å². The normalized spacial score (nSPS) is 12.5. The largest absolute Gasteiger partial charge is 0.396 e. The maximum Gasteiger partial charge on any atom is 0.390 e. The number of alkyl halides is 3. The van der Waals surface area contributed by atoms with Crippen molar-refractivity contribution in [1.29, 1.82) is 0 Å². The molecule has 0 saturated carbocycles. The predicted molar refractivity (Wildman–Crippen MR) is 66.2 cm³/mol. The molecule has 9 heteroatoms. The van der Waals surface area contributed by atoms with Gasteiger partial charge in [-0.05, 0) is 12.1 Å². The van der Waals surface area contributed by atoms with E-state index in [4.69, 9.17) is 10.9 Å². The van der Waals surface area contributed by atoms with Crippen LogP contribution in [0.2, 0.25) is 0 Å². The summed E-state index contributed by atoms with van der Waals surface area (Å²) in [7, 11) is -2.61. The van der Waals surface area contributed by atoms with Gasteiger partial charge in [0.05, 0.1) is 17.8 Å². The molecule has 0 atom stereocenters. The molecule has 0 heterocycles. The summed E-state index contributed by atoms with van der Waals surface area (Å²) < 4.78 is 58.9. The van der Waals surface area contributed by atoms with Gasteiger partial charge in [-0.15, -0.1) is 0 Å². The molecule has 1 aromatic carbocycles. The van der Waals surface area contributed by atoms with Crippen LogP contribution in [-0.2, 0) is 10.0 Å². The first-order chi connectivity index (χ1) is 8.52. The summed E-state index contributed by atoms with van der Waals surface area (Å²) in [5.41, 5.74) is 5.66. The van der Waals surface area contributed by atoms with Gasteiger partial charge in [0.25, 0.3) is 0 Å². The fraction of sp³-hybridized carbons (Fsp3) is 0.400. The maximum absolute atomic E-state index is 12.1. The molecule has 0 aliphatic heterocycles. The molecule has 108 valence electrons. The number of rotatable bonds is 4. The first-order valence-electron chi connectivity index (χ1n) is 5.21. The number of anilines is 2. The molecule has 0 spiro atoms. The number of nitrogen functional groups attached to an aromatic ring is 1. The van der Waals surface area contributed by atoms with Gasteiger partial charge >= 0.3 is 6.18 Å². The van der Waals surface area contributed by atoms with Crippen molar-refractivity contribution in [3.8, 4) is 0 Å². The first kappa shape index (κ1) is 15.6. The third kappa shape index (κ3) is 4.28. The minimum Gasteiger partial charge on any atom is -0.396 e. The zero-order chi connectivity index (χ0) is 14.8. The van der Waals surface area contributed by atoms with Crippen molar-refractivity contribution >= 4 is 21.4 Å². The van der Waals surface area contributed by atoms with Gasteiger partial charge in [-0.1, -0.05) is 6.07 Å². The molecule has 0 aliphatic carbocycles. The van der Waals surface area contributed by atoms with Crippen molar-refractivity contribution < 1.29 is 21.6 Å². The summed E-state index contributed by atoms with van der Waals surface area (Å²) in [6.45, 7) is -0.332. The van der Waals surface area contributed by atoms with E-state index < -0.39 is 22.6 Å². The number of halogens is 3. The Morgan fingerprint density at radius 2 is 1.89 bits per heavy atom. The summed E-state index contributed by atoms with van der Waals surface area (Å²) in [5, 5.41) is 4.96. The second-order valence-electron chi connectivity index (χ2n) is 4.02. The van der Waals surface area contributed by atoms with Gasteiger partial charge in [-0.25, -0.2) is 13.6 Å². The van der Waals surface area contributed by atoms with E-state index in [1.807, 2.05) is 0 Å². The first-order valence-corrected chi connectivity index (χ1v) is 6.76. The summed E-state index contributed by atoms with van der Waals surface area (Å²) in [6, 6.07) is 4.00. The van der Waals surface area contributed by atoms with Crippen LogP contribution in [0.5, 0.6) is 0 Å². The fourth-order valence-corrected chi connectivity index (χ4v) is 2.21. The van der Waals surface area contributed by atoms with Crippen LogP contribution in [0.25, 0.3) is 0 Å². The lowest BCUT2D eigenvalue weighted by Crippen LogP contribution is -2.25.